The van der Waals surface area contributed by atoms with Gasteiger partial charge in [0, 0.05) is 12.6 Å². The van der Waals surface area contributed by atoms with E-state index < -0.39 is 0 Å². The first-order valence-corrected chi connectivity index (χ1v) is 7.23. The van der Waals surface area contributed by atoms with Crippen molar-refractivity contribution in [2.24, 2.45) is 11.7 Å². The van der Waals surface area contributed by atoms with Crippen molar-refractivity contribution in [2.45, 2.75) is 59.5 Å². The van der Waals surface area contributed by atoms with Crippen LogP contribution in [0, 0.1) is 5.92 Å². The van der Waals surface area contributed by atoms with Gasteiger partial charge in [0.05, 0.1) is 6.04 Å². The van der Waals surface area contributed by atoms with Gasteiger partial charge >= 0.3 is 0 Å². The third-order valence-electron chi connectivity index (χ3n) is 3.36. The highest BCUT2D eigenvalue weighted by atomic mass is 16.2. The number of hydrogen-bond donors (Lipinski definition) is 2. The third-order valence-corrected chi connectivity index (χ3v) is 3.36. The summed E-state index contributed by atoms with van der Waals surface area (Å²) < 4.78 is 0. The van der Waals surface area contributed by atoms with Gasteiger partial charge in [-0.05, 0) is 31.8 Å². The zero-order chi connectivity index (χ0) is 14.1. The molecule has 18 heavy (non-hydrogen) atoms. The Labute approximate surface area is 112 Å². The monoisotopic (exact) mass is 257 g/mol. The van der Waals surface area contributed by atoms with Crippen LogP contribution in [0.25, 0.3) is 0 Å². The van der Waals surface area contributed by atoms with Gasteiger partial charge in [-0.2, -0.15) is 0 Å². The van der Waals surface area contributed by atoms with E-state index in [1.807, 2.05) is 6.92 Å². The first-order chi connectivity index (χ1) is 8.46. The Morgan fingerprint density at radius 1 is 1.22 bits per heavy atom. The van der Waals surface area contributed by atoms with E-state index in [1.54, 1.807) is 0 Å². The Morgan fingerprint density at radius 3 is 2.17 bits per heavy atom. The number of nitrogens with one attached hydrogen (secondary N) is 1. The van der Waals surface area contributed by atoms with E-state index in [2.05, 4.69) is 37.9 Å². The summed E-state index contributed by atoms with van der Waals surface area (Å²) in [6.45, 7) is 13.4. The predicted octanol–water partition coefficient (Wildman–Crippen LogP) is 1.60. The number of carbonyl (C=O) groups is 1. The highest BCUT2D eigenvalue weighted by molar-refractivity contribution is 5.81. The van der Waals surface area contributed by atoms with Crippen molar-refractivity contribution >= 4 is 5.91 Å². The molecule has 0 aliphatic carbocycles. The van der Waals surface area contributed by atoms with E-state index in [0.717, 1.165) is 19.5 Å². The lowest BCUT2D eigenvalue weighted by Crippen LogP contribution is -2.48. The van der Waals surface area contributed by atoms with Crippen LogP contribution in [0.5, 0.6) is 0 Å². The SMILES string of the molecule is CC[C@H](N)C(=O)NCC(CC(C)C)N(CC)CC. The number of hydrogen-bond acceptors (Lipinski definition) is 3. The number of likely N-dealkylation sites (N-methyl/N-ethyl adjacent to an activating group) is 1. The number of nitrogens with zero attached hydrogens (tertiary/aromatic N) is 1. The molecular weight excluding hydrogens is 226 g/mol. The van der Waals surface area contributed by atoms with Crippen molar-refractivity contribution < 1.29 is 4.79 Å². The largest absolute Gasteiger partial charge is 0.353 e. The lowest BCUT2D eigenvalue weighted by Gasteiger charge is -2.31. The van der Waals surface area contributed by atoms with Gasteiger partial charge in [-0.15, -0.1) is 0 Å². The van der Waals surface area contributed by atoms with Crippen LogP contribution >= 0.6 is 0 Å². The maximum absolute atomic E-state index is 11.7. The van der Waals surface area contributed by atoms with Crippen LogP contribution < -0.4 is 11.1 Å². The minimum absolute atomic E-state index is 0.0292. The van der Waals surface area contributed by atoms with Crippen molar-refractivity contribution in [3.05, 3.63) is 0 Å². The summed E-state index contributed by atoms with van der Waals surface area (Å²) >= 11 is 0. The molecule has 4 nitrogen and oxygen atoms in total. The van der Waals surface area contributed by atoms with Crippen LogP contribution in [0.3, 0.4) is 0 Å². The minimum Gasteiger partial charge on any atom is -0.353 e. The summed E-state index contributed by atoms with van der Waals surface area (Å²) in [6.07, 6.45) is 1.79. The van der Waals surface area contributed by atoms with E-state index in [4.69, 9.17) is 5.73 Å². The molecule has 4 heteroatoms. The lowest BCUT2D eigenvalue weighted by atomic mass is 10.0. The quantitative estimate of drug-likeness (QED) is 0.659. The molecule has 3 N–H and O–H groups in total. The lowest BCUT2D eigenvalue weighted by molar-refractivity contribution is -0.122. The fourth-order valence-corrected chi connectivity index (χ4v) is 2.18. The van der Waals surface area contributed by atoms with E-state index >= 15 is 0 Å². The molecule has 0 saturated carbocycles. The molecule has 0 radical (unpaired) electrons. The normalized spacial score (nSPS) is 14.9. The molecule has 0 saturated heterocycles. The Hall–Kier alpha value is -0.610. The molecule has 0 aromatic carbocycles. The average Bonchev–Trinajstić information content (AvgIpc) is 2.35. The molecule has 0 bridgehead atoms. The molecule has 0 aliphatic rings. The summed E-state index contributed by atoms with van der Waals surface area (Å²) in [4.78, 5) is 14.1. The van der Waals surface area contributed by atoms with Crippen LogP contribution in [-0.2, 0) is 4.79 Å². The number of carbonyl (C=O) groups excluding carboxylic acids is 1. The summed E-state index contributed by atoms with van der Waals surface area (Å²) in [5.41, 5.74) is 5.72. The summed E-state index contributed by atoms with van der Waals surface area (Å²) in [7, 11) is 0. The van der Waals surface area contributed by atoms with Gasteiger partial charge in [0.25, 0.3) is 0 Å². The van der Waals surface area contributed by atoms with Gasteiger partial charge in [-0.3, -0.25) is 9.69 Å². The molecule has 0 aromatic heterocycles. The molecule has 0 fully saturated rings. The van der Waals surface area contributed by atoms with Crippen molar-refractivity contribution in [1.29, 1.82) is 0 Å². The van der Waals surface area contributed by atoms with E-state index in [1.165, 1.54) is 0 Å². The number of rotatable bonds is 9. The molecule has 108 valence electrons. The van der Waals surface area contributed by atoms with Crippen LogP contribution in [0.2, 0.25) is 0 Å². The summed E-state index contributed by atoms with van der Waals surface area (Å²) in [5.74, 6) is 0.603. The smallest absolute Gasteiger partial charge is 0.236 e. The standard InChI is InChI=1S/C14H31N3O/c1-6-13(15)14(18)16-10-12(9-11(4)5)17(7-2)8-3/h11-13H,6-10,15H2,1-5H3,(H,16,18)/t12?,13-/m0/s1. The van der Waals surface area contributed by atoms with E-state index in [-0.39, 0.29) is 11.9 Å². The maximum atomic E-state index is 11.7. The fraction of sp³-hybridized carbons (Fsp3) is 0.929. The molecule has 0 heterocycles. The molecule has 0 aliphatic heterocycles. The Bertz CT molecular complexity index is 227. The highest BCUT2D eigenvalue weighted by Crippen LogP contribution is 2.10. The summed E-state index contributed by atoms with van der Waals surface area (Å²) in [5, 5.41) is 2.98. The van der Waals surface area contributed by atoms with Crippen molar-refractivity contribution in [2.75, 3.05) is 19.6 Å². The molecule has 1 unspecified atom stereocenters. The average molecular weight is 257 g/mol. The second-order valence-electron chi connectivity index (χ2n) is 5.26. The number of nitrogens with two attached hydrogens (primary N) is 1. The van der Waals surface area contributed by atoms with Crippen LogP contribution in [-0.4, -0.2) is 42.5 Å². The first kappa shape index (κ1) is 17.4. The number of amides is 1. The van der Waals surface area contributed by atoms with Gasteiger partial charge in [0.15, 0.2) is 0 Å². The van der Waals surface area contributed by atoms with Crippen LogP contribution in [0.4, 0.5) is 0 Å². The van der Waals surface area contributed by atoms with E-state index in [9.17, 15) is 4.79 Å². The van der Waals surface area contributed by atoms with Crippen molar-refractivity contribution in [3.63, 3.8) is 0 Å². The van der Waals surface area contributed by atoms with Crippen LogP contribution in [0.1, 0.15) is 47.5 Å². The van der Waals surface area contributed by atoms with Crippen molar-refractivity contribution in [1.82, 2.24) is 10.2 Å². The zero-order valence-electron chi connectivity index (χ0n) is 12.7. The van der Waals surface area contributed by atoms with Gasteiger partial charge in [-0.25, -0.2) is 0 Å². The Balaban J connectivity index is 4.36. The van der Waals surface area contributed by atoms with Crippen molar-refractivity contribution in [3.8, 4) is 0 Å². The molecule has 2 atom stereocenters. The molecule has 1 amide bonds. The fourth-order valence-electron chi connectivity index (χ4n) is 2.18. The molecule has 0 rings (SSSR count). The second kappa shape index (κ2) is 9.34. The predicted molar refractivity (Wildman–Crippen MR) is 77.4 cm³/mol. The van der Waals surface area contributed by atoms with Gasteiger partial charge in [0.2, 0.25) is 5.91 Å². The topological polar surface area (TPSA) is 58.4 Å². The van der Waals surface area contributed by atoms with E-state index in [0.29, 0.717) is 24.9 Å². The third kappa shape index (κ3) is 6.36. The Kier molecular flexibility index (Phi) is 9.02. The highest BCUT2D eigenvalue weighted by Gasteiger charge is 2.19. The van der Waals surface area contributed by atoms with Gasteiger partial charge in [0.1, 0.15) is 0 Å². The first-order valence-electron chi connectivity index (χ1n) is 7.23. The second-order valence-corrected chi connectivity index (χ2v) is 5.26. The molecular formula is C14H31N3O. The molecule has 0 spiro atoms. The zero-order valence-corrected chi connectivity index (χ0v) is 12.7. The Morgan fingerprint density at radius 2 is 1.78 bits per heavy atom. The van der Waals surface area contributed by atoms with Crippen LogP contribution in [0.15, 0.2) is 0 Å². The van der Waals surface area contributed by atoms with Gasteiger partial charge in [-0.1, -0.05) is 34.6 Å². The molecule has 0 aromatic rings. The summed E-state index contributed by atoms with van der Waals surface area (Å²) in [6, 6.07) is 0.0365. The van der Waals surface area contributed by atoms with Gasteiger partial charge < -0.3 is 11.1 Å². The minimum atomic E-state index is -0.374. The maximum Gasteiger partial charge on any atom is 0.236 e.